The molecule has 1 aliphatic heterocycles. The highest BCUT2D eigenvalue weighted by Crippen LogP contribution is 2.32. The summed E-state index contributed by atoms with van der Waals surface area (Å²) in [6.07, 6.45) is 1.12. The minimum Gasteiger partial charge on any atom is -0.478 e. The fraction of sp³-hybridized carbons (Fsp3) is 0.429. The maximum atomic E-state index is 11.0. The van der Waals surface area contributed by atoms with E-state index in [1.807, 2.05) is 17.7 Å². The van der Waals surface area contributed by atoms with Crippen molar-refractivity contribution < 1.29 is 14.6 Å². The van der Waals surface area contributed by atoms with Crippen molar-refractivity contribution in [3.05, 3.63) is 29.6 Å². The van der Waals surface area contributed by atoms with E-state index in [0.717, 1.165) is 29.9 Å². The first-order valence-corrected chi connectivity index (χ1v) is 6.39. The summed E-state index contributed by atoms with van der Waals surface area (Å²) in [6, 6.07) is 5.06. The Labute approximate surface area is 110 Å². The number of hydrogen-bond acceptors (Lipinski definition) is 3. The van der Waals surface area contributed by atoms with Crippen LogP contribution >= 0.6 is 0 Å². The zero-order valence-electron chi connectivity index (χ0n) is 11.0. The minimum atomic E-state index is -0.924. The van der Waals surface area contributed by atoms with Gasteiger partial charge in [0.15, 0.2) is 0 Å². The van der Waals surface area contributed by atoms with E-state index in [4.69, 9.17) is 9.84 Å². The van der Waals surface area contributed by atoms with Gasteiger partial charge in [0.05, 0.1) is 22.7 Å². The van der Waals surface area contributed by atoms with E-state index in [1.54, 1.807) is 12.1 Å². The maximum Gasteiger partial charge on any atom is 0.335 e. The summed E-state index contributed by atoms with van der Waals surface area (Å²) in [7, 11) is 1.97. The van der Waals surface area contributed by atoms with Crippen LogP contribution in [0.1, 0.15) is 35.4 Å². The fourth-order valence-corrected chi connectivity index (χ4v) is 2.75. The Bertz CT molecular complexity index is 647. The second-order valence-electron chi connectivity index (χ2n) is 5.01. The molecule has 5 heteroatoms. The quantitative estimate of drug-likeness (QED) is 0.898. The number of benzene rings is 1. The molecule has 1 aromatic heterocycles. The molecule has 0 bridgehead atoms. The van der Waals surface area contributed by atoms with Crippen LogP contribution in [0.5, 0.6) is 0 Å². The molecule has 2 atom stereocenters. The number of carbonyl (C=O) groups is 1. The molecular weight excluding hydrogens is 244 g/mol. The summed E-state index contributed by atoms with van der Waals surface area (Å²) in [6.45, 7) is 2.81. The van der Waals surface area contributed by atoms with Crippen LogP contribution in [0.3, 0.4) is 0 Å². The van der Waals surface area contributed by atoms with Gasteiger partial charge in [0.1, 0.15) is 5.82 Å². The number of nitrogens with zero attached hydrogens (tertiary/aromatic N) is 2. The Morgan fingerprint density at radius 2 is 2.32 bits per heavy atom. The number of aromatic nitrogens is 2. The van der Waals surface area contributed by atoms with Crippen molar-refractivity contribution in [1.29, 1.82) is 0 Å². The molecule has 3 rings (SSSR count). The summed E-state index contributed by atoms with van der Waals surface area (Å²) in [5.41, 5.74) is 1.96. The molecule has 1 aliphatic rings. The molecule has 0 radical (unpaired) electrons. The number of aromatic carboxylic acids is 1. The molecule has 19 heavy (non-hydrogen) atoms. The first kappa shape index (κ1) is 12.2. The Balaban J connectivity index is 2.11. The van der Waals surface area contributed by atoms with Gasteiger partial charge >= 0.3 is 5.97 Å². The number of imidazole rings is 1. The average Bonchev–Trinajstić information content (AvgIpc) is 2.93. The van der Waals surface area contributed by atoms with Crippen LogP contribution in [0.2, 0.25) is 0 Å². The van der Waals surface area contributed by atoms with Gasteiger partial charge in [0.2, 0.25) is 0 Å². The molecule has 1 aromatic carbocycles. The molecule has 1 N–H and O–H groups in total. The summed E-state index contributed by atoms with van der Waals surface area (Å²) in [5, 5.41) is 9.02. The van der Waals surface area contributed by atoms with Gasteiger partial charge in [-0.3, -0.25) is 0 Å². The number of carboxylic acid groups (broad SMARTS) is 1. The topological polar surface area (TPSA) is 64.3 Å². The van der Waals surface area contributed by atoms with Gasteiger partial charge < -0.3 is 14.4 Å². The molecule has 5 nitrogen and oxygen atoms in total. The highest BCUT2D eigenvalue weighted by Gasteiger charge is 2.29. The molecule has 0 amide bonds. The summed E-state index contributed by atoms with van der Waals surface area (Å²) in [4.78, 5) is 15.6. The minimum absolute atomic E-state index is 0.162. The van der Waals surface area contributed by atoms with Crippen molar-refractivity contribution in [2.75, 3.05) is 6.61 Å². The summed E-state index contributed by atoms with van der Waals surface area (Å²) < 4.78 is 7.62. The van der Waals surface area contributed by atoms with E-state index >= 15 is 0 Å². The van der Waals surface area contributed by atoms with Crippen LogP contribution in [0.4, 0.5) is 0 Å². The van der Waals surface area contributed by atoms with Gasteiger partial charge in [-0.2, -0.15) is 0 Å². The van der Waals surface area contributed by atoms with Crippen molar-refractivity contribution in [1.82, 2.24) is 9.55 Å². The van der Waals surface area contributed by atoms with Gasteiger partial charge in [-0.15, -0.1) is 0 Å². The van der Waals surface area contributed by atoms with E-state index < -0.39 is 5.97 Å². The maximum absolute atomic E-state index is 11.0. The third kappa shape index (κ3) is 1.90. The molecular formula is C14H16N2O3. The molecule has 0 spiro atoms. The smallest absolute Gasteiger partial charge is 0.335 e. The van der Waals surface area contributed by atoms with Crippen LogP contribution in [-0.4, -0.2) is 33.3 Å². The highest BCUT2D eigenvalue weighted by atomic mass is 16.5. The molecule has 2 unspecified atom stereocenters. The lowest BCUT2D eigenvalue weighted by Crippen LogP contribution is -2.13. The zero-order chi connectivity index (χ0) is 13.6. The van der Waals surface area contributed by atoms with Gasteiger partial charge in [0.25, 0.3) is 0 Å². The van der Waals surface area contributed by atoms with Crippen molar-refractivity contribution in [2.45, 2.75) is 25.4 Å². The van der Waals surface area contributed by atoms with Gasteiger partial charge in [-0.25, -0.2) is 9.78 Å². The average molecular weight is 260 g/mol. The lowest BCUT2D eigenvalue weighted by Gasteiger charge is -2.13. The normalized spacial score (nSPS) is 23.1. The van der Waals surface area contributed by atoms with Gasteiger partial charge in [-0.05, 0) is 31.5 Å². The molecule has 1 saturated heterocycles. The van der Waals surface area contributed by atoms with E-state index in [-0.39, 0.29) is 17.6 Å². The monoisotopic (exact) mass is 260 g/mol. The van der Waals surface area contributed by atoms with Crippen LogP contribution in [0.25, 0.3) is 11.0 Å². The van der Waals surface area contributed by atoms with E-state index in [1.165, 1.54) is 0 Å². The van der Waals surface area contributed by atoms with Crippen molar-refractivity contribution >= 4 is 17.0 Å². The third-order valence-electron chi connectivity index (χ3n) is 3.87. The zero-order valence-corrected chi connectivity index (χ0v) is 11.0. The van der Waals surface area contributed by atoms with E-state index in [9.17, 15) is 4.79 Å². The van der Waals surface area contributed by atoms with Crippen LogP contribution in [0, 0.1) is 0 Å². The van der Waals surface area contributed by atoms with Crippen LogP contribution < -0.4 is 0 Å². The van der Waals surface area contributed by atoms with Gasteiger partial charge in [0, 0.05) is 19.6 Å². The SMILES string of the molecule is CC1OCCC1c1nc2cc(C(=O)O)ccc2n1C. The van der Waals surface area contributed by atoms with E-state index in [2.05, 4.69) is 11.9 Å². The first-order chi connectivity index (χ1) is 9.08. The second-order valence-corrected chi connectivity index (χ2v) is 5.01. The highest BCUT2D eigenvalue weighted by molar-refractivity contribution is 5.92. The largest absolute Gasteiger partial charge is 0.478 e. The number of carboxylic acids is 1. The number of hydrogen-bond donors (Lipinski definition) is 1. The predicted octanol–water partition coefficient (Wildman–Crippen LogP) is 2.16. The van der Waals surface area contributed by atoms with E-state index in [0.29, 0.717) is 0 Å². The van der Waals surface area contributed by atoms with Gasteiger partial charge in [-0.1, -0.05) is 0 Å². The first-order valence-electron chi connectivity index (χ1n) is 6.39. The second kappa shape index (κ2) is 4.35. The predicted molar refractivity (Wildman–Crippen MR) is 70.4 cm³/mol. The summed E-state index contributed by atoms with van der Waals surface area (Å²) in [5.74, 6) is 0.333. The molecule has 2 heterocycles. The van der Waals surface area contributed by atoms with Crippen molar-refractivity contribution in [2.24, 2.45) is 7.05 Å². The lowest BCUT2D eigenvalue weighted by molar-refractivity contribution is 0.0697. The van der Waals surface area contributed by atoms with Crippen molar-refractivity contribution in [3.63, 3.8) is 0 Å². The van der Waals surface area contributed by atoms with Crippen molar-refractivity contribution in [3.8, 4) is 0 Å². The molecule has 2 aromatic rings. The fourth-order valence-electron chi connectivity index (χ4n) is 2.75. The van der Waals surface area contributed by atoms with Crippen LogP contribution in [0.15, 0.2) is 18.2 Å². The molecule has 0 saturated carbocycles. The third-order valence-corrected chi connectivity index (χ3v) is 3.87. The summed E-state index contributed by atoms with van der Waals surface area (Å²) >= 11 is 0. The Hall–Kier alpha value is -1.88. The molecule has 100 valence electrons. The lowest BCUT2D eigenvalue weighted by atomic mass is 10.0. The Kier molecular flexibility index (Phi) is 2.78. The number of fused-ring (bicyclic) bond motifs is 1. The molecule has 0 aliphatic carbocycles. The Morgan fingerprint density at radius 3 is 2.95 bits per heavy atom. The van der Waals surface area contributed by atoms with Crippen LogP contribution in [-0.2, 0) is 11.8 Å². The number of ether oxygens (including phenoxy) is 1. The Morgan fingerprint density at radius 1 is 1.53 bits per heavy atom. The molecule has 1 fully saturated rings. The number of aryl methyl sites for hydroxylation is 1. The number of rotatable bonds is 2. The standard InChI is InChI=1S/C14H16N2O3/c1-8-10(5-6-19-8)13-15-11-7-9(14(17)18)3-4-12(11)16(13)2/h3-4,7-8,10H,5-6H2,1-2H3,(H,17,18).